The zero-order valence-electron chi connectivity index (χ0n) is 11.0. The van der Waals surface area contributed by atoms with E-state index in [9.17, 15) is 0 Å². The molecule has 0 heterocycles. The normalized spacial score (nSPS) is 10.0. The van der Waals surface area contributed by atoms with Crippen LogP contribution in [0.15, 0.2) is 53.6 Å². The van der Waals surface area contributed by atoms with Crippen molar-refractivity contribution in [3.63, 3.8) is 0 Å². The molecule has 0 fully saturated rings. The second-order valence-electron chi connectivity index (χ2n) is 4.01. The molecule has 100 valence electrons. The highest BCUT2D eigenvalue weighted by Crippen LogP contribution is 2.11. The summed E-state index contributed by atoms with van der Waals surface area (Å²) in [6, 6.07) is 15.8. The van der Waals surface area contributed by atoms with Crippen molar-refractivity contribution in [3.05, 3.63) is 59.7 Å². The minimum atomic E-state index is 0. The Kier molecular flexibility index (Phi) is 5.90. The van der Waals surface area contributed by atoms with Gasteiger partial charge >= 0.3 is 0 Å². The molecule has 0 atom stereocenters. The molecule has 0 aliphatic rings. The van der Waals surface area contributed by atoms with Crippen LogP contribution >= 0.6 is 12.4 Å². The molecule has 19 heavy (non-hydrogen) atoms. The number of hydrazone groups is 1. The van der Waals surface area contributed by atoms with Crippen LogP contribution in [-0.2, 0) is 0 Å². The number of rotatable bonds is 4. The summed E-state index contributed by atoms with van der Waals surface area (Å²) < 4.78 is 5.15. The average Bonchev–Trinajstić information content (AvgIpc) is 2.41. The van der Waals surface area contributed by atoms with E-state index in [0.717, 1.165) is 17.0 Å². The third kappa shape index (κ3) is 4.64. The lowest BCUT2D eigenvalue weighted by Gasteiger charge is -2.01. The summed E-state index contributed by atoms with van der Waals surface area (Å²) in [4.78, 5) is 0. The molecule has 1 N–H and O–H groups in total. The number of aryl methyl sites for hydroxylation is 1. The molecule has 2 aromatic carbocycles. The number of nitrogens with one attached hydrogen (secondary N) is 1. The predicted octanol–water partition coefficient (Wildman–Crippen LogP) is 3.87. The fraction of sp³-hybridized carbons (Fsp3) is 0.133. The van der Waals surface area contributed by atoms with Crippen molar-refractivity contribution in [2.75, 3.05) is 12.5 Å². The minimum absolute atomic E-state index is 0. The predicted molar refractivity (Wildman–Crippen MR) is 82.6 cm³/mol. The van der Waals surface area contributed by atoms with Crippen LogP contribution in [0.4, 0.5) is 5.69 Å². The van der Waals surface area contributed by atoms with Crippen LogP contribution in [0.5, 0.6) is 5.75 Å². The van der Waals surface area contributed by atoms with Gasteiger partial charge in [-0.1, -0.05) is 29.8 Å². The lowest BCUT2D eigenvalue weighted by molar-refractivity contribution is 0.415. The van der Waals surface area contributed by atoms with Crippen LogP contribution in [0, 0.1) is 6.92 Å². The summed E-state index contributed by atoms with van der Waals surface area (Å²) in [6.07, 6.45) is 1.77. The highest BCUT2D eigenvalue weighted by atomic mass is 35.5. The first-order chi connectivity index (χ1) is 8.78. The number of hydrogen-bond donors (Lipinski definition) is 1. The number of anilines is 1. The van der Waals surface area contributed by atoms with Gasteiger partial charge in [0.25, 0.3) is 0 Å². The highest BCUT2D eigenvalue weighted by Gasteiger charge is 1.92. The topological polar surface area (TPSA) is 33.6 Å². The first kappa shape index (κ1) is 15.1. The van der Waals surface area contributed by atoms with Crippen LogP contribution in [-0.4, -0.2) is 13.3 Å². The SMILES string of the molecule is COc1cccc(C=NNc2ccc(C)cc2)c1.Cl. The van der Waals surface area contributed by atoms with Gasteiger partial charge in [-0.05, 0) is 36.8 Å². The fourth-order valence-electron chi connectivity index (χ4n) is 1.53. The van der Waals surface area contributed by atoms with Crippen LogP contribution in [0.25, 0.3) is 0 Å². The van der Waals surface area contributed by atoms with E-state index in [1.54, 1.807) is 13.3 Å². The van der Waals surface area contributed by atoms with Gasteiger partial charge < -0.3 is 4.74 Å². The lowest BCUT2D eigenvalue weighted by atomic mass is 10.2. The van der Waals surface area contributed by atoms with Gasteiger partial charge in [0.2, 0.25) is 0 Å². The molecule has 0 aliphatic carbocycles. The van der Waals surface area contributed by atoms with Crippen LogP contribution in [0.2, 0.25) is 0 Å². The van der Waals surface area contributed by atoms with Crippen molar-refractivity contribution >= 4 is 24.3 Å². The maximum absolute atomic E-state index is 5.15. The molecule has 0 spiro atoms. The monoisotopic (exact) mass is 276 g/mol. The molecule has 0 amide bonds. The Morgan fingerprint density at radius 1 is 1.11 bits per heavy atom. The van der Waals surface area contributed by atoms with Crippen molar-refractivity contribution in [1.29, 1.82) is 0 Å². The van der Waals surface area contributed by atoms with Crippen LogP contribution < -0.4 is 10.2 Å². The van der Waals surface area contributed by atoms with Gasteiger partial charge in [-0.15, -0.1) is 12.4 Å². The molecule has 0 aromatic heterocycles. The summed E-state index contributed by atoms with van der Waals surface area (Å²) >= 11 is 0. The molecule has 2 rings (SSSR count). The number of benzene rings is 2. The van der Waals surface area contributed by atoms with Crippen molar-refractivity contribution in [2.45, 2.75) is 6.92 Å². The number of halogens is 1. The summed E-state index contributed by atoms with van der Waals surface area (Å²) in [7, 11) is 1.65. The molecule has 0 saturated heterocycles. The van der Waals surface area contributed by atoms with Crippen LogP contribution in [0.3, 0.4) is 0 Å². The van der Waals surface area contributed by atoms with Gasteiger partial charge in [0, 0.05) is 0 Å². The summed E-state index contributed by atoms with van der Waals surface area (Å²) in [5.74, 6) is 0.828. The van der Waals surface area contributed by atoms with Gasteiger partial charge in [0.05, 0.1) is 19.0 Å². The van der Waals surface area contributed by atoms with E-state index in [2.05, 4.69) is 17.5 Å². The third-order valence-corrected chi connectivity index (χ3v) is 2.55. The van der Waals surface area contributed by atoms with E-state index in [4.69, 9.17) is 4.74 Å². The van der Waals surface area contributed by atoms with E-state index in [1.807, 2.05) is 48.5 Å². The zero-order valence-corrected chi connectivity index (χ0v) is 11.8. The molecule has 0 radical (unpaired) electrons. The van der Waals surface area contributed by atoms with E-state index in [1.165, 1.54) is 5.56 Å². The lowest BCUT2D eigenvalue weighted by Crippen LogP contribution is -1.91. The van der Waals surface area contributed by atoms with Crippen molar-refractivity contribution in [3.8, 4) is 5.75 Å². The fourth-order valence-corrected chi connectivity index (χ4v) is 1.53. The molecule has 4 heteroatoms. The maximum Gasteiger partial charge on any atom is 0.119 e. The Hall–Kier alpha value is -2.00. The molecule has 0 bridgehead atoms. The summed E-state index contributed by atoms with van der Waals surface area (Å²) in [6.45, 7) is 2.06. The molecule has 0 unspecified atom stereocenters. The maximum atomic E-state index is 5.15. The summed E-state index contributed by atoms with van der Waals surface area (Å²) in [5.41, 5.74) is 6.19. The van der Waals surface area contributed by atoms with Crippen molar-refractivity contribution < 1.29 is 4.74 Å². The van der Waals surface area contributed by atoms with E-state index in [0.29, 0.717) is 0 Å². The van der Waals surface area contributed by atoms with Gasteiger partial charge in [0.15, 0.2) is 0 Å². The van der Waals surface area contributed by atoms with E-state index < -0.39 is 0 Å². The van der Waals surface area contributed by atoms with Gasteiger partial charge in [-0.3, -0.25) is 5.43 Å². The van der Waals surface area contributed by atoms with Gasteiger partial charge in [-0.25, -0.2) is 0 Å². The molecule has 0 aliphatic heterocycles. The standard InChI is InChI=1S/C15H16N2O.ClH/c1-12-6-8-14(9-7-12)17-16-11-13-4-3-5-15(10-13)18-2;/h3-11,17H,1-2H3;1H. The molecule has 2 aromatic rings. The van der Waals surface area contributed by atoms with Crippen molar-refractivity contribution in [1.82, 2.24) is 0 Å². The zero-order chi connectivity index (χ0) is 12.8. The molecular formula is C15H17ClN2O. The second-order valence-corrected chi connectivity index (χ2v) is 4.01. The highest BCUT2D eigenvalue weighted by molar-refractivity contribution is 5.85. The van der Waals surface area contributed by atoms with Gasteiger partial charge in [0.1, 0.15) is 5.75 Å². The summed E-state index contributed by atoms with van der Waals surface area (Å²) in [5, 5.41) is 4.19. The number of ether oxygens (including phenoxy) is 1. The molecule has 0 saturated carbocycles. The third-order valence-electron chi connectivity index (χ3n) is 2.55. The average molecular weight is 277 g/mol. The second kappa shape index (κ2) is 7.44. The number of nitrogens with zero attached hydrogens (tertiary/aromatic N) is 1. The molecular weight excluding hydrogens is 260 g/mol. The Labute approximate surface area is 119 Å². The van der Waals surface area contributed by atoms with E-state index >= 15 is 0 Å². The smallest absolute Gasteiger partial charge is 0.119 e. The Morgan fingerprint density at radius 3 is 2.53 bits per heavy atom. The molecule has 3 nitrogen and oxygen atoms in total. The first-order valence-electron chi connectivity index (χ1n) is 5.78. The quantitative estimate of drug-likeness (QED) is 0.679. The van der Waals surface area contributed by atoms with Gasteiger partial charge in [-0.2, -0.15) is 5.10 Å². The number of methoxy groups -OCH3 is 1. The first-order valence-corrected chi connectivity index (χ1v) is 5.78. The Bertz CT molecular complexity index is 538. The minimum Gasteiger partial charge on any atom is -0.497 e. The Morgan fingerprint density at radius 2 is 1.84 bits per heavy atom. The largest absolute Gasteiger partial charge is 0.497 e. The van der Waals surface area contributed by atoms with Crippen molar-refractivity contribution in [2.24, 2.45) is 5.10 Å². The van der Waals surface area contributed by atoms with E-state index in [-0.39, 0.29) is 12.4 Å². The van der Waals surface area contributed by atoms with Crippen LogP contribution in [0.1, 0.15) is 11.1 Å². The number of hydrogen-bond acceptors (Lipinski definition) is 3. The Balaban J connectivity index is 0.00000180.